The molecule has 2 aromatic rings. The number of anilines is 1. The predicted octanol–water partition coefficient (Wildman–Crippen LogP) is 6.16. The van der Waals surface area contributed by atoms with E-state index in [1.807, 2.05) is 0 Å². The fourth-order valence-electron chi connectivity index (χ4n) is 3.26. The van der Waals surface area contributed by atoms with E-state index in [4.69, 9.17) is 0 Å². The highest BCUT2D eigenvalue weighted by atomic mass is 79.9. The Morgan fingerprint density at radius 1 is 0.810 bits per heavy atom. The van der Waals surface area contributed by atoms with Crippen LogP contribution in [-0.2, 0) is 0 Å². The average Bonchev–Trinajstić information content (AvgIpc) is 2.32. The van der Waals surface area contributed by atoms with Gasteiger partial charge in [0.1, 0.15) is 0 Å². The molecule has 2 rings (SSSR count). The summed E-state index contributed by atoms with van der Waals surface area (Å²) in [5.74, 6) is 0. The summed E-state index contributed by atoms with van der Waals surface area (Å²) in [4.78, 5) is 0. The van der Waals surface area contributed by atoms with E-state index in [0.29, 0.717) is 0 Å². The van der Waals surface area contributed by atoms with Crippen molar-refractivity contribution in [2.24, 2.45) is 0 Å². The molecule has 0 radical (unpaired) electrons. The number of hydrogen-bond donors (Lipinski definition) is 1. The first-order valence-corrected chi connectivity index (χ1v) is 8.20. The standard InChI is InChI=1S/C19H24BrN/c1-11-7-13(3)18(14(4)8-11)16(6)21-19-15(5)9-12(2)10-17(19)20/h7-10,16,21H,1-6H3. The Bertz CT molecular complexity index is 627. The Balaban J connectivity index is 2.37. The van der Waals surface area contributed by atoms with Crippen LogP contribution in [0.4, 0.5) is 5.69 Å². The van der Waals surface area contributed by atoms with Crippen LogP contribution < -0.4 is 5.32 Å². The van der Waals surface area contributed by atoms with Crippen LogP contribution in [0.15, 0.2) is 28.7 Å². The summed E-state index contributed by atoms with van der Waals surface area (Å²) < 4.78 is 1.13. The molecule has 1 N–H and O–H groups in total. The first-order valence-electron chi connectivity index (χ1n) is 7.40. The van der Waals surface area contributed by atoms with Crippen LogP contribution in [0, 0.1) is 34.6 Å². The largest absolute Gasteiger partial charge is 0.377 e. The van der Waals surface area contributed by atoms with Gasteiger partial charge in [-0.15, -0.1) is 0 Å². The number of halogens is 1. The molecule has 1 atom stereocenters. The minimum atomic E-state index is 0.281. The van der Waals surface area contributed by atoms with Crippen molar-refractivity contribution >= 4 is 21.6 Å². The van der Waals surface area contributed by atoms with Gasteiger partial charge in [0.2, 0.25) is 0 Å². The highest BCUT2D eigenvalue weighted by Gasteiger charge is 2.14. The zero-order valence-electron chi connectivity index (χ0n) is 13.8. The quantitative estimate of drug-likeness (QED) is 0.701. The zero-order chi connectivity index (χ0) is 15.7. The predicted molar refractivity (Wildman–Crippen MR) is 96.3 cm³/mol. The third kappa shape index (κ3) is 3.49. The highest BCUT2D eigenvalue weighted by molar-refractivity contribution is 9.10. The van der Waals surface area contributed by atoms with E-state index in [1.54, 1.807) is 0 Å². The number of benzene rings is 2. The SMILES string of the molecule is Cc1cc(C)c(C(C)Nc2c(C)cc(C)cc2Br)c(C)c1. The molecule has 0 fully saturated rings. The van der Waals surface area contributed by atoms with Crippen LogP contribution in [0.2, 0.25) is 0 Å². The first-order chi connectivity index (χ1) is 9.79. The van der Waals surface area contributed by atoms with Crippen molar-refractivity contribution in [2.75, 3.05) is 5.32 Å². The van der Waals surface area contributed by atoms with Gasteiger partial charge in [-0.05, 0) is 91.4 Å². The lowest BCUT2D eigenvalue weighted by Crippen LogP contribution is -2.11. The molecular formula is C19H24BrN. The van der Waals surface area contributed by atoms with Crippen molar-refractivity contribution in [2.45, 2.75) is 47.6 Å². The Kier molecular flexibility index (Phi) is 4.77. The van der Waals surface area contributed by atoms with Gasteiger partial charge in [-0.2, -0.15) is 0 Å². The van der Waals surface area contributed by atoms with Gasteiger partial charge in [-0.3, -0.25) is 0 Å². The lowest BCUT2D eigenvalue weighted by molar-refractivity contribution is 0.859. The van der Waals surface area contributed by atoms with Gasteiger partial charge in [0.05, 0.1) is 5.69 Å². The summed E-state index contributed by atoms with van der Waals surface area (Å²) in [6.07, 6.45) is 0. The molecule has 2 aromatic carbocycles. The van der Waals surface area contributed by atoms with Crippen molar-refractivity contribution in [3.05, 3.63) is 62.1 Å². The molecule has 0 saturated heterocycles. The van der Waals surface area contributed by atoms with E-state index >= 15 is 0 Å². The van der Waals surface area contributed by atoms with Crippen molar-refractivity contribution < 1.29 is 0 Å². The molecule has 0 spiro atoms. The Labute approximate surface area is 136 Å². The highest BCUT2D eigenvalue weighted by Crippen LogP contribution is 2.33. The maximum absolute atomic E-state index is 3.69. The lowest BCUT2D eigenvalue weighted by atomic mass is 9.94. The fourth-order valence-corrected chi connectivity index (χ4v) is 4.05. The molecule has 0 aliphatic heterocycles. The Morgan fingerprint density at radius 2 is 1.29 bits per heavy atom. The van der Waals surface area contributed by atoms with Crippen LogP contribution in [0.1, 0.15) is 46.3 Å². The van der Waals surface area contributed by atoms with Gasteiger partial charge in [0.15, 0.2) is 0 Å². The average molecular weight is 346 g/mol. The molecule has 21 heavy (non-hydrogen) atoms. The van der Waals surface area contributed by atoms with E-state index in [2.05, 4.69) is 87.1 Å². The van der Waals surface area contributed by atoms with Crippen molar-refractivity contribution in [1.29, 1.82) is 0 Å². The second kappa shape index (κ2) is 6.23. The molecule has 0 aliphatic carbocycles. The van der Waals surface area contributed by atoms with Gasteiger partial charge < -0.3 is 5.32 Å². The summed E-state index contributed by atoms with van der Waals surface area (Å²) in [5.41, 5.74) is 9.17. The summed E-state index contributed by atoms with van der Waals surface area (Å²) in [6, 6.07) is 9.18. The van der Waals surface area contributed by atoms with E-state index in [1.165, 1.54) is 39.1 Å². The first kappa shape index (κ1) is 16.1. The molecule has 0 saturated carbocycles. The molecule has 112 valence electrons. The minimum absolute atomic E-state index is 0.281. The molecule has 2 heteroatoms. The molecule has 1 unspecified atom stereocenters. The smallest absolute Gasteiger partial charge is 0.0519 e. The summed E-state index contributed by atoms with van der Waals surface area (Å²) in [5, 5.41) is 3.68. The van der Waals surface area contributed by atoms with Gasteiger partial charge in [-0.25, -0.2) is 0 Å². The second-order valence-electron chi connectivity index (χ2n) is 6.12. The van der Waals surface area contributed by atoms with Crippen molar-refractivity contribution in [3.63, 3.8) is 0 Å². The third-order valence-electron chi connectivity index (χ3n) is 3.96. The molecule has 0 aliphatic rings. The summed E-state index contributed by atoms with van der Waals surface area (Å²) in [6.45, 7) is 13.1. The van der Waals surface area contributed by atoms with Crippen molar-refractivity contribution in [3.8, 4) is 0 Å². The van der Waals surface area contributed by atoms with Crippen LogP contribution in [-0.4, -0.2) is 0 Å². The Hall–Kier alpha value is -1.28. The number of hydrogen-bond acceptors (Lipinski definition) is 1. The molecule has 0 bridgehead atoms. The lowest BCUT2D eigenvalue weighted by Gasteiger charge is -2.23. The number of rotatable bonds is 3. The topological polar surface area (TPSA) is 12.0 Å². The van der Waals surface area contributed by atoms with E-state index in [-0.39, 0.29) is 6.04 Å². The number of nitrogens with one attached hydrogen (secondary N) is 1. The van der Waals surface area contributed by atoms with E-state index in [0.717, 1.165) is 4.47 Å². The number of aryl methyl sites for hydroxylation is 5. The monoisotopic (exact) mass is 345 g/mol. The van der Waals surface area contributed by atoms with Crippen LogP contribution in [0.3, 0.4) is 0 Å². The summed E-state index contributed by atoms with van der Waals surface area (Å²) >= 11 is 3.69. The zero-order valence-corrected chi connectivity index (χ0v) is 15.4. The van der Waals surface area contributed by atoms with E-state index in [9.17, 15) is 0 Å². The molecule has 1 nitrogen and oxygen atoms in total. The van der Waals surface area contributed by atoms with Gasteiger partial charge >= 0.3 is 0 Å². The normalized spacial score (nSPS) is 12.3. The molecular weight excluding hydrogens is 322 g/mol. The van der Waals surface area contributed by atoms with Crippen molar-refractivity contribution in [1.82, 2.24) is 0 Å². The third-order valence-corrected chi connectivity index (χ3v) is 4.59. The van der Waals surface area contributed by atoms with Gasteiger partial charge in [-0.1, -0.05) is 23.8 Å². The fraction of sp³-hybridized carbons (Fsp3) is 0.368. The van der Waals surface area contributed by atoms with Crippen LogP contribution in [0.25, 0.3) is 0 Å². The van der Waals surface area contributed by atoms with Crippen LogP contribution >= 0.6 is 15.9 Å². The maximum atomic E-state index is 3.69. The van der Waals surface area contributed by atoms with Crippen LogP contribution in [0.5, 0.6) is 0 Å². The minimum Gasteiger partial charge on any atom is -0.377 e. The van der Waals surface area contributed by atoms with Gasteiger partial charge in [0, 0.05) is 10.5 Å². The Morgan fingerprint density at radius 3 is 1.81 bits per heavy atom. The van der Waals surface area contributed by atoms with Gasteiger partial charge in [0.25, 0.3) is 0 Å². The summed E-state index contributed by atoms with van der Waals surface area (Å²) in [7, 11) is 0. The molecule has 0 amide bonds. The molecule has 0 aromatic heterocycles. The molecule has 0 heterocycles. The van der Waals surface area contributed by atoms with E-state index < -0.39 is 0 Å². The maximum Gasteiger partial charge on any atom is 0.0519 e. The second-order valence-corrected chi connectivity index (χ2v) is 6.97.